The van der Waals surface area contributed by atoms with Crippen LogP contribution in [0.4, 0.5) is 5.82 Å². The third kappa shape index (κ3) is 3.51. The largest absolute Gasteiger partial charge is 0.478 e. The Labute approximate surface area is 96.8 Å². The lowest BCUT2D eigenvalue weighted by molar-refractivity contribution is 0.0697. The van der Waals surface area contributed by atoms with E-state index in [0.717, 1.165) is 0 Å². The summed E-state index contributed by atoms with van der Waals surface area (Å²) < 4.78 is 0.652. The average molecular weight is 273 g/mol. The second-order valence-electron chi connectivity index (χ2n) is 4.23. The van der Waals surface area contributed by atoms with Crippen LogP contribution in [0, 0.1) is 0 Å². The summed E-state index contributed by atoms with van der Waals surface area (Å²) >= 11 is 3.19. The van der Waals surface area contributed by atoms with E-state index in [-0.39, 0.29) is 11.1 Å². The highest BCUT2D eigenvalue weighted by Crippen LogP contribution is 2.20. The molecule has 1 heterocycles. The molecule has 1 aromatic heterocycles. The van der Waals surface area contributed by atoms with Crippen molar-refractivity contribution in [2.24, 2.45) is 0 Å². The number of carboxylic acids is 1. The van der Waals surface area contributed by atoms with E-state index in [9.17, 15) is 4.79 Å². The summed E-state index contributed by atoms with van der Waals surface area (Å²) in [4.78, 5) is 15.0. The van der Waals surface area contributed by atoms with Gasteiger partial charge in [-0.05, 0) is 42.8 Å². The molecule has 82 valence electrons. The van der Waals surface area contributed by atoms with E-state index in [4.69, 9.17) is 5.11 Å². The van der Waals surface area contributed by atoms with Gasteiger partial charge in [0.15, 0.2) is 0 Å². The van der Waals surface area contributed by atoms with Crippen molar-refractivity contribution in [1.29, 1.82) is 0 Å². The molecule has 0 aliphatic carbocycles. The van der Waals surface area contributed by atoms with Gasteiger partial charge in [0.25, 0.3) is 0 Å². The number of nitrogens with one attached hydrogen (secondary N) is 1. The van der Waals surface area contributed by atoms with Crippen LogP contribution in [-0.4, -0.2) is 21.6 Å². The monoisotopic (exact) mass is 272 g/mol. The number of aromatic nitrogens is 1. The van der Waals surface area contributed by atoms with Gasteiger partial charge in [0, 0.05) is 16.2 Å². The fourth-order valence-electron chi connectivity index (χ4n) is 1.06. The van der Waals surface area contributed by atoms with Crippen molar-refractivity contribution in [2.75, 3.05) is 5.32 Å². The third-order valence-electron chi connectivity index (χ3n) is 1.58. The number of pyridine rings is 1. The molecule has 0 aliphatic heterocycles. The molecular weight excluding hydrogens is 260 g/mol. The van der Waals surface area contributed by atoms with Gasteiger partial charge in [-0.3, -0.25) is 0 Å². The van der Waals surface area contributed by atoms with Crippen molar-refractivity contribution in [3.63, 3.8) is 0 Å². The van der Waals surface area contributed by atoms with Gasteiger partial charge in [-0.2, -0.15) is 0 Å². The van der Waals surface area contributed by atoms with Gasteiger partial charge in [0.2, 0.25) is 0 Å². The molecular formula is C10H13BrN2O2. The van der Waals surface area contributed by atoms with Crippen LogP contribution in [0.1, 0.15) is 31.1 Å². The Kier molecular flexibility index (Phi) is 3.34. The maximum absolute atomic E-state index is 11.0. The van der Waals surface area contributed by atoms with Crippen molar-refractivity contribution < 1.29 is 9.90 Å². The molecule has 15 heavy (non-hydrogen) atoms. The SMILES string of the molecule is CC(C)(C)Nc1ncc(Br)cc1C(=O)O. The first-order valence-electron chi connectivity index (χ1n) is 4.46. The molecule has 0 saturated heterocycles. The zero-order chi connectivity index (χ0) is 11.6. The lowest BCUT2D eigenvalue weighted by Gasteiger charge is -2.22. The maximum atomic E-state index is 11.0. The van der Waals surface area contributed by atoms with E-state index in [0.29, 0.717) is 10.3 Å². The normalized spacial score (nSPS) is 11.2. The number of anilines is 1. The molecule has 1 aromatic rings. The van der Waals surface area contributed by atoms with E-state index in [1.165, 1.54) is 6.07 Å². The minimum atomic E-state index is -0.990. The average Bonchev–Trinajstić information content (AvgIpc) is 2.05. The van der Waals surface area contributed by atoms with E-state index in [1.54, 1.807) is 6.20 Å². The van der Waals surface area contributed by atoms with E-state index in [2.05, 4.69) is 26.2 Å². The van der Waals surface area contributed by atoms with Gasteiger partial charge in [0.05, 0.1) is 0 Å². The standard InChI is InChI=1S/C10H13BrN2O2/c1-10(2,3)13-8-7(9(14)15)4-6(11)5-12-8/h4-5H,1-3H3,(H,12,13)(H,14,15). The predicted octanol–water partition coefficient (Wildman–Crippen LogP) is 2.75. The topological polar surface area (TPSA) is 62.2 Å². The smallest absolute Gasteiger partial charge is 0.339 e. The molecule has 1 rings (SSSR count). The zero-order valence-corrected chi connectivity index (χ0v) is 10.4. The fraction of sp³-hybridized carbons (Fsp3) is 0.400. The van der Waals surface area contributed by atoms with Crippen LogP contribution in [-0.2, 0) is 0 Å². The number of hydrogen-bond acceptors (Lipinski definition) is 3. The summed E-state index contributed by atoms with van der Waals surface area (Å²) in [5.41, 5.74) is -0.0512. The minimum absolute atomic E-state index is 0.166. The molecule has 0 aromatic carbocycles. The van der Waals surface area contributed by atoms with Gasteiger partial charge in [-0.25, -0.2) is 9.78 Å². The van der Waals surface area contributed by atoms with Crippen molar-refractivity contribution in [1.82, 2.24) is 4.98 Å². The van der Waals surface area contributed by atoms with E-state index in [1.807, 2.05) is 20.8 Å². The summed E-state index contributed by atoms with van der Waals surface area (Å²) in [6, 6.07) is 1.53. The van der Waals surface area contributed by atoms with Crippen molar-refractivity contribution >= 4 is 27.7 Å². The van der Waals surface area contributed by atoms with Crippen LogP contribution < -0.4 is 5.32 Å². The van der Waals surface area contributed by atoms with E-state index < -0.39 is 5.97 Å². The van der Waals surface area contributed by atoms with Crippen LogP contribution in [0.15, 0.2) is 16.7 Å². The lowest BCUT2D eigenvalue weighted by Crippen LogP contribution is -2.28. The Morgan fingerprint density at radius 1 is 1.53 bits per heavy atom. The van der Waals surface area contributed by atoms with Gasteiger partial charge in [0.1, 0.15) is 11.4 Å². The molecule has 5 heteroatoms. The first-order valence-corrected chi connectivity index (χ1v) is 5.26. The molecule has 0 unspecified atom stereocenters. The summed E-state index contributed by atoms with van der Waals surface area (Å²) in [5, 5.41) is 12.0. The molecule has 4 nitrogen and oxygen atoms in total. The fourth-order valence-corrected chi connectivity index (χ4v) is 1.39. The second kappa shape index (κ2) is 4.18. The predicted molar refractivity (Wildman–Crippen MR) is 62.3 cm³/mol. The van der Waals surface area contributed by atoms with Gasteiger partial charge in [-0.15, -0.1) is 0 Å². The zero-order valence-electron chi connectivity index (χ0n) is 8.84. The van der Waals surface area contributed by atoms with Crippen molar-refractivity contribution in [2.45, 2.75) is 26.3 Å². The van der Waals surface area contributed by atoms with Crippen LogP contribution in [0.2, 0.25) is 0 Å². The molecule has 0 fully saturated rings. The Morgan fingerprint density at radius 2 is 2.13 bits per heavy atom. The highest BCUT2D eigenvalue weighted by atomic mass is 79.9. The molecule has 0 spiro atoms. The molecule has 0 bridgehead atoms. The number of rotatable bonds is 2. The van der Waals surface area contributed by atoms with Crippen LogP contribution in [0.25, 0.3) is 0 Å². The summed E-state index contributed by atoms with van der Waals surface area (Å²) in [7, 11) is 0. The lowest BCUT2D eigenvalue weighted by atomic mass is 10.1. The Morgan fingerprint density at radius 3 is 2.60 bits per heavy atom. The molecule has 0 amide bonds. The summed E-state index contributed by atoms with van der Waals surface area (Å²) in [6.07, 6.45) is 1.57. The number of carboxylic acid groups (broad SMARTS) is 1. The third-order valence-corrected chi connectivity index (χ3v) is 2.01. The Hall–Kier alpha value is -1.10. The summed E-state index contributed by atoms with van der Waals surface area (Å²) in [6.45, 7) is 5.84. The number of nitrogens with zero attached hydrogens (tertiary/aromatic N) is 1. The van der Waals surface area contributed by atoms with Crippen LogP contribution in [0.3, 0.4) is 0 Å². The second-order valence-corrected chi connectivity index (χ2v) is 5.15. The molecule has 0 radical (unpaired) electrons. The highest BCUT2D eigenvalue weighted by Gasteiger charge is 2.17. The number of halogens is 1. The molecule has 2 N–H and O–H groups in total. The number of carbonyl (C=O) groups is 1. The van der Waals surface area contributed by atoms with Gasteiger partial charge >= 0.3 is 5.97 Å². The minimum Gasteiger partial charge on any atom is -0.478 e. The Bertz CT molecular complexity index is 385. The number of aromatic carboxylic acids is 1. The van der Waals surface area contributed by atoms with Crippen molar-refractivity contribution in [3.8, 4) is 0 Å². The molecule has 0 saturated carbocycles. The Balaban J connectivity index is 3.12. The van der Waals surface area contributed by atoms with Crippen molar-refractivity contribution in [3.05, 3.63) is 22.3 Å². The maximum Gasteiger partial charge on any atom is 0.339 e. The van der Waals surface area contributed by atoms with Gasteiger partial charge < -0.3 is 10.4 Å². The molecule has 0 atom stereocenters. The van der Waals surface area contributed by atoms with Gasteiger partial charge in [-0.1, -0.05) is 0 Å². The quantitative estimate of drug-likeness (QED) is 0.869. The highest BCUT2D eigenvalue weighted by molar-refractivity contribution is 9.10. The first-order chi connectivity index (χ1) is 6.79. The summed E-state index contributed by atoms with van der Waals surface area (Å²) in [5.74, 6) is -0.603. The number of hydrogen-bond donors (Lipinski definition) is 2. The molecule has 0 aliphatic rings. The van der Waals surface area contributed by atoms with E-state index >= 15 is 0 Å². The van der Waals surface area contributed by atoms with Crippen LogP contribution >= 0.6 is 15.9 Å². The van der Waals surface area contributed by atoms with Crippen LogP contribution in [0.5, 0.6) is 0 Å². The first kappa shape index (κ1) is 12.0.